The third kappa shape index (κ3) is 4.46. The fraction of sp³-hybridized carbons (Fsp3) is 0.889. The van der Waals surface area contributed by atoms with Gasteiger partial charge in [0, 0.05) is 19.4 Å². The summed E-state index contributed by atoms with van der Waals surface area (Å²) in [5.74, 6) is 1.93. The number of amides is 2. The van der Waals surface area contributed by atoms with Gasteiger partial charge in [0.25, 0.3) is 0 Å². The van der Waals surface area contributed by atoms with Crippen molar-refractivity contribution in [1.82, 2.24) is 10.2 Å². The average molecular weight is 322 g/mol. The molecular formula is C18H30N2O3. The fourth-order valence-corrected chi connectivity index (χ4v) is 3.55. The van der Waals surface area contributed by atoms with Crippen molar-refractivity contribution in [3.05, 3.63) is 0 Å². The molecular weight excluding hydrogens is 292 g/mol. The lowest BCUT2D eigenvalue weighted by atomic mass is 9.82. The molecule has 0 aromatic rings. The second kappa shape index (κ2) is 6.80. The molecule has 0 bridgehead atoms. The zero-order chi connectivity index (χ0) is 16.4. The summed E-state index contributed by atoms with van der Waals surface area (Å²) >= 11 is 0. The van der Waals surface area contributed by atoms with Gasteiger partial charge < -0.3 is 15.0 Å². The first-order valence-corrected chi connectivity index (χ1v) is 9.14. The zero-order valence-corrected chi connectivity index (χ0v) is 14.5. The number of likely N-dealkylation sites (tertiary alicyclic amines) is 1. The largest absolute Gasteiger partial charge is 0.371 e. The van der Waals surface area contributed by atoms with E-state index < -0.39 is 0 Å². The van der Waals surface area contributed by atoms with E-state index in [1.54, 1.807) is 0 Å². The minimum atomic E-state index is -0.0961. The Kier molecular flexibility index (Phi) is 4.95. The molecule has 2 aliphatic heterocycles. The molecule has 1 atom stereocenters. The van der Waals surface area contributed by atoms with E-state index in [0.717, 1.165) is 32.5 Å². The van der Waals surface area contributed by atoms with Crippen molar-refractivity contribution >= 4 is 11.8 Å². The molecule has 1 N–H and O–H groups in total. The summed E-state index contributed by atoms with van der Waals surface area (Å²) in [7, 11) is 0. The summed E-state index contributed by atoms with van der Waals surface area (Å²) in [6, 6.07) is 0. The number of nitrogens with one attached hydrogen (secondary N) is 1. The van der Waals surface area contributed by atoms with Crippen LogP contribution in [0, 0.1) is 17.8 Å². The smallest absolute Gasteiger partial charge is 0.223 e. The zero-order valence-electron chi connectivity index (χ0n) is 14.5. The molecule has 5 heteroatoms. The molecule has 3 rings (SSSR count). The van der Waals surface area contributed by atoms with Crippen LogP contribution in [0.5, 0.6) is 0 Å². The molecule has 0 unspecified atom stereocenters. The van der Waals surface area contributed by atoms with Crippen LogP contribution in [0.2, 0.25) is 0 Å². The van der Waals surface area contributed by atoms with Crippen LogP contribution in [-0.2, 0) is 14.3 Å². The van der Waals surface area contributed by atoms with Gasteiger partial charge in [0.15, 0.2) is 0 Å². The molecule has 3 aliphatic rings. The van der Waals surface area contributed by atoms with Gasteiger partial charge in [-0.25, -0.2) is 0 Å². The monoisotopic (exact) mass is 322 g/mol. The van der Waals surface area contributed by atoms with Gasteiger partial charge in [-0.15, -0.1) is 0 Å². The minimum Gasteiger partial charge on any atom is -0.371 e. The highest BCUT2D eigenvalue weighted by molar-refractivity contribution is 5.77. The second-order valence-electron chi connectivity index (χ2n) is 8.20. The van der Waals surface area contributed by atoms with Gasteiger partial charge in [-0.1, -0.05) is 13.8 Å². The Balaban J connectivity index is 1.33. The first-order chi connectivity index (χ1) is 11.0. The van der Waals surface area contributed by atoms with Crippen molar-refractivity contribution in [2.45, 2.75) is 58.0 Å². The topological polar surface area (TPSA) is 58.6 Å². The lowest BCUT2D eigenvalue weighted by Crippen LogP contribution is -2.66. The number of carbonyl (C=O) groups is 2. The summed E-state index contributed by atoms with van der Waals surface area (Å²) in [4.78, 5) is 25.7. The van der Waals surface area contributed by atoms with Crippen molar-refractivity contribution in [2.24, 2.45) is 17.8 Å². The van der Waals surface area contributed by atoms with E-state index in [0.29, 0.717) is 37.2 Å². The van der Waals surface area contributed by atoms with Gasteiger partial charge in [0.2, 0.25) is 11.8 Å². The highest BCUT2D eigenvalue weighted by Crippen LogP contribution is 2.36. The fourth-order valence-electron chi connectivity index (χ4n) is 3.55. The van der Waals surface area contributed by atoms with Gasteiger partial charge in [-0.2, -0.15) is 0 Å². The standard InChI is InChI=1S/C18H30N2O3/c1-13(2)7-17(22)20-11-18(12-20)6-5-15(10-23-18)9-19-16(21)8-14-3-4-14/h13-15H,3-12H2,1-2H3,(H,19,21)/t15-/m0/s1. The summed E-state index contributed by atoms with van der Waals surface area (Å²) in [6.45, 7) is 7.09. The van der Waals surface area contributed by atoms with E-state index in [4.69, 9.17) is 4.74 Å². The number of hydrogen-bond acceptors (Lipinski definition) is 3. The number of carbonyl (C=O) groups excluding carboxylic acids is 2. The van der Waals surface area contributed by atoms with Crippen LogP contribution >= 0.6 is 0 Å². The minimum absolute atomic E-state index is 0.0961. The quantitative estimate of drug-likeness (QED) is 0.813. The van der Waals surface area contributed by atoms with Crippen molar-refractivity contribution < 1.29 is 14.3 Å². The molecule has 1 spiro atoms. The number of rotatable bonds is 6. The highest BCUT2D eigenvalue weighted by atomic mass is 16.5. The highest BCUT2D eigenvalue weighted by Gasteiger charge is 2.48. The molecule has 2 amide bonds. The van der Waals surface area contributed by atoms with E-state index in [-0.39, 0.29) is 17.4 Å². The van der Waals surface area contributed by atoms with E-state index >= 15 is 0 Å². The van der Waals surface area contributed by atoms with Gasteiger partial charge in [-0.05, 0) is 43.4 Å². The maximum absolute atomic E-state index is 12.0. The van der Waals surface area contributed by atoms with Crippen molar-refractivity contribution in [2.75, 3.05) is 26.2 Å². The molecule has 2 heterocycles. The first-order valence-electron chi connectivity index (χ1n) is 9.14. The third-order valence-corrected chi connectivity index (χ3v) is 5.29. The van der Waals surface area contributed by atoms with Gasteiger partial charge in [0.05, 0.1) is 19.7 Å². The summed E-state index contributed by atoms with van der Waals surface area (Å²) < 4.78 is 6.08. The Morgan fingerprint density at radius 3 is 2.52 bits per heavy atom. The van der Waals surface area contributed by atoms with Gasteiger partial charge in [0.1, 0.15) is 5.60 Å². The second-order valence-corrected chi connectivity index (χ2v) is 8.20. The molecule has 1 aliphatic carbocycles. The Hall–Kier alpha value is -1.10. The van der Waals surface area contributed by atoms with Crippen LogP contribution in [0.25, 0.3) is 0 Å². The number of ether oxygens (including phenoxy) is 1. The van der Waals surface area contributed by atoms with E-state index in [1.165, 1.54) is 12.8 Å². The molecule has 2 saturated heterocycles. The molecule has 0 radical (unpaired) electrons. The normalized spacial score (nSPS) is 26.2. The maximum atomic E-state index is 12.0. The number of nitrogens with zero attached hydrogens (tertiary/aromatic N) is 1. The molecule has 5 nitrogen and oxygen atoms in total. The number of hydrogen-bond donors (Lipinski definition) is 1. The summed E-state index contributed by atoms with van der Waals surface area (Å²) in [5.41, 5.74) is -0.0961. The van der Waals surface area contributed by atoms with Crippen molar-refractivity contribution in [1.29, 1.82) is 0 Å². The Morgan fingerprint density at radius 2 is 1.96 bits per heavy atom. The van der Waals surface area contributed by atoms with E-state index in [2.05, 4.69) is 19.2 Å². The van der Waals surface area contributed by atoms with E-state index in [9.17, 15) is 9.59 Å². The van der Waals surface area contributed by atoms with Gasteiger partial charge in [-0.3, -0.25) is 9.59 Å². The Bertz CT molecular complexity index is 443. The molecule has 0 aromatic heterocycles. The molecule has 1 saturated carbocycles. The SMILES string of the molecule is CC(C)CC(=O)N1CC2(CC[C@@H](CNC(=O)CC3CC3)CO2)C1. The van der Waals surface area contributed by atoms with E-state index in [1.807, 2.05) is 4.90 Å². The van der Waals surface area contributed by atoms with Crippen LogP contribution in [0.15, 0.2) is 0 Å². The summed E-state index contributed by atoms with van der Waals surface area (Å²) in [5, 5.41) is 3.05. The molecule has 130 valence electrons. The first kappa shape index (κ1) is 16.7. The van der Waals surface area contributed by atoms with Gasteiger partial charge >= 0.3 is 0 Å². The predicted molar refractivity (Wildman–Crippen MR) is 87.8 cm³/mol. The van der Waals surface area contributed by atoms with Crippen LogP contribution in [0.3, 0.4) is 0 Å². The van der Waals surface area contributed by atoms with Crippen molar-refractivity contribution in [3.63, 3.8) is 0 Å². The lowest BCUT2D eigenvalue weighted by molar-refractivity contribution is -0.189. The van der Waals surface area contributed by atoms with Crippen LogP contribution < -0.4 is 5.32 Å². The van der Waals surface area contributed by atoms with Crippen LogP contribution in [0.1, 0.15) is 52.4 Å². The molecule has 3 fully saturated rings. The third-order valence-electron chi connectivity index (χ3n) is 5.29. The molecule has 23 heavy (non-hydrogen) atoms. The lowest BCUT2D eigenvalue weighted by Gasteiger charge is -2.53. The van der Waals surface area contributed by atoms with Crippen molar-refractivity contribution in [3.8, 4) is 0 Å². The maximum Gasteiger partial charge on any atom is 0.223 e. The Morgan fingerprint density at radius 1 is 1.22 bits per heavy atom. The predicted octanol–water partition coefficient (Wildman–Crippen LogP) is 1.96. The average Bonchev–Trinajstić information content (AvgIpc) is 3.26. The Labute approximate surface area is 139 Å². The molecule has 0 aromatic carbocycles. The van der Waals surface area contributed by atoms with Crippen LogP contribution in [-0.4, -0.2) is 48.6 Å². The van der Waals surface area contributed by atoms with Crippen LogP contribution in [0.4, 0.5) is 0 Å². The summed E-state index contributed by atoms with van der Waals surface area (Å²) in [6.07, 6.45) is 5.84.